The van der Waals surface area contributed by atoms with Gasteiger partial charge in [-0.3, -0.25) is 4.79 Å². The van der Waals surface area contributed by atoms with Crippen LogP contribution in [0.4, 0.5) is 0 Å². The van der Waals surface area contributed by atoms with Gasteiger partial charge in [0.15, 0.2) is 0 Å². The molecule has 0 radical (unpaired) electrons. The second-order valence-corrected chi connectivity index (χ2v) is 5.92. The molecule has 2 unspecified atom stereocenters. The van der Waals surface area contributed by atoms with Crippen molar-refractivity contribution in [2.75, 3.05) is 0 Å². The number of carbonyl (C=O) groups is 1. The topological polar surface area (TPSA) is 41.1 Å². The minimum Gasteiger partial charge on any atom is -0.349 e. The molecule has 3 heteroatoms. The van der Waals surface area contributed by atoms with E-state index in [-0.39, 0.29) is 11.9 Å². The zero-order valence-electron chi connectivity index (χ0n) is 11.8. The maximum Gasteiger partial charge on any atom is 0.251 e. The molecule has 1 fully saturated rings. The highest BCUT2D eigenvalue weighted by atomic mass is 16.1. The van der Waals surface area contributed by atoms with Crippen molar-refractivity contribution in [1.82, 2.24) is 10.6 Å². The Morgan fingerprint density at radius 1 is 1.05 bits per heavy atom. The Hall–Kier alpha value is -2.13. The third kappa shape index (κ3) is 2.45. The van der Waals surface area contributed by atoms with E-state index in [2.05, 4.69) is 41.0 Å². The van der Waals surface area contributed by atoms with Crippen molar-refractivity contribution in [3.05, 3.63) is 70.8 Å². The van der Waals surface area contributed by atoms with Gasteiger partial charge >= 0.3 is 0 Å². The van der Waals surface area contributed by atoms with Crippen LogP contribution >= 0.6 is 0 Å². The minimum absolute atomic E-state index is 0.0492. The van der Waals surface area contributed by atoms with Gasteiger partial charge in [-0.2, -0.15) is 0 Å². The van der Waals surface area contributed by atoms with Gasteiger partial charge in [-0.25, -0.2) is 0 Å². The second kappa shape index (κ2) is 5.01. The lowest BCUT2D eigenvalue weighted by atomic mass is 10.1. The van der Waals surface area contributed by atoms with Crippen LogP contribution in [-0.4, -0.2) is 11.9 Å². The molecule has 2 aliphatic rings. The molecule has 106 valence electrons. The largest absolute Gasteiger partial charge is 0.349 e. The molecule has 1 saturated carbocycles. The van der Waals surface area contributed by atoms with Crippen LogP contribution in [-0.2, 0) is 13.1 Å². The number of benzene rings is 2. The van der Waals surface area contributed by atoms with E-state index in [1.807, 2.05) is 18.2 Å². The highest BCUT2D eigenvalue weighted by Crippen LogP contribution is 2.40. The molecule has 1 aliphatic heterocycles. The van der Waals surface area contributed by atoms with Crippen LogP contribution in [0.3, 0.4) is 0 Å². The fourth-order valence-electron chi connectivity index (χ4n) is 3.11. The van der Waals surface area contributed by atoms with Crippen LogP contribution in [0.2, 0.25) is 0 Å². The average Bonchev–Trinajstić information content (AvgIpc) is 3.12. The molecule has 0 saturated heterocycles. The average molecular weight is 278 g/mol. The third-order valence-electron chi connectivity index (χ3n) is 4.43. The molecule has 1 aliphatic carbocycles. The predicted octanol–water partition coefficient (Wildman–Crippen LogP) is 2.58. The summed E-state index contributed by atoms with van der Waals surface area (Å²) < 4.78 is 0. The minimum atomic E-state index is 0.0492. The number of carbonyl (C=O) groups excluding carboxylic acids is 1. The van der Waals surface area contributed by atoms with Gasteiger partial charge < -0.3 is 10.6 Å². The Balaban J connectivity index is 1.43. The van der Waals surface area contributed by atoms with E-state index in [1.165, 1.54) is 16.7 Å². The Morgan fingerprint density at radius 3 is 2.71 bits per heavy atom. The van der Waals surface area contributed by atoms with Crippen molar-refractivity contribution < 1.29 is 4.79 Å². The molecule has 0 aromatic heterocycles. The van der Waals surface area contributed by atoms with Crippen LogP contribution in [0.25, 0.3) is 0 Å². The molecule has 21 heavy (non-hydrogen) atoms. The SMILES string of the molecule is O=C(NC1CC1c1ccccc1)c1ccc2c(c1)CNC2. The molecule has 2 aromatic rings. The van der Waals surface area contributed by atoms with E-state index in [1.54, 1.807) is 0 Å². The zero-order valence-corrected chi connectivity index (χ0v) is 11.8. The predicted molar refractivity (Wildman–Crippen MR) is 82.0 cm³/mol. The number of nitrogens with one attached hydrogen (secondary N) is 2. The van der Waals surface area contributed by atoms with Crippen LogP contribution < -0.4 is 10.6 Å². The standard InChI is InChI=1S/C18H18N2O/c21-18(13-6-7-14-10-19-11-15(14)8-13)20-17-9-16(17)12-4-2-1-3-5-12/h1-8,16-17,19H,9-11H2,(H,20,21). The quantitative estimate of drug-likeness (QED) is 0.906. The van der Waals surface area contributed by atoms with Gasteiger partial charge in [0.2, 0.25) is 0 Å². The van der Waals surface area contributed by atoms with E-state index in [0.717, 1.165) is 25.1 Å². The van der Waals surface area contributed by atoms with Gasteiger partial charge in [-0.15, -0.1) is 0 Å². The summed E-state index contributed by atoms with van der Waals surface area (Å²) in [6.45, 7) is 1.78. The molecule has 0 bridgehead atoms. The van der Waals surface area contributed by atoms with Crippen molar-refractivity contribution in [1.29, 1.82) is 0 Å². The monoisotopic (exact) mass is 278 g/mol. The molecule has 1 heterocycles. The maximum atomic E-state index is 12.3. The first-order valence-electron chi connectivity index (χ1n) is 7.49. The summed E-state index contributed by atoms with van der Waals surface area (Å²) in [4.78, 5) is 12.3. The first-order chi connectivity index (χ1) is 10.3. The molecule has 4 rings (SSSR count). The van der Waals surface area contributed by atoms with Crippen molar-refractivity contribution in [3.8, 4) is 0 Å². The number of rotatable bonds is 3. The Labute approximate surface area is 124 Å². The number of amides is 1. The Morgan fingerprint density at radius 2 is 1.86 bits per heavy atom. The van der Waals surface area contributed by atoms with Gasteiger partial charge in [0.05, 0.1) is 0 Å². The number of fused-ring (bicyclic) bond motifs is 1. The van der Waals surface area contributed by atoms with Gasteiger partial charge in [-0.05, 0) is 35.2 Å². The first-order valence-corrected chi connectivity index (χ1v) is 7.49. The van der Waals surface area contributed by atoms with Gasteiger partial charge in [0.25, 0.3) is 5.91 Å². The molecular weight excluding hydrogens is 260 g/mol. The van der Waals surface area contributed by atoms with Crippen molar-refractivity contribution in [2.24, 2.45) is 0 Å². The van der Waals surface area contributed by atoms with E-state index < -0.39 is 0 Å². The second-order valence-electron chi connectivity index (χ2n) is 5.92. The summed E-state index contributed by atoms with van der Waals surface area (Å²) in [7, 11) is 0. The van der Waals surface area contributed by atoms with Crippen molar-refractivity contribution in [2.45, 2.75) is 31.5 Å². The fourth-order valence-corrected chi connectivity index (χ4v) is 3.11. The summed E-state index contributed by atoms with van der Waals surface area (Å²) >= 11 is 0. The van der Waals surface area contributed by atoms with Crippen LogP contribution in [0.15, 0.2) is 48.5 Å². The molecule has 2 aromatic carbocycles. The van der Waals surface area contributed by atoms with Crippen molar-refractivity contribution >= 4 is 5.91 Å². The molecular formula is C18H18N2O. The lowest BCUT2D eigenvalue weighted by Crippen LogP contribution is -2.26. The normalized spacial score (nSPS) is 22.7. The summed E-state index contributed by atoms with van der Waals surface area (Å²) in [6.07, 6.45) is 1.04. The summed E-state index contributed by atoms with van der Waals surface area (Å²) in [5, 5.41) is 6.45. The summed E-state index contributed by atoms with van der Waals surface area (Å²) in [5.41, 5.74) is 4.65. The van der Waals surface area contributed by atoms with Crippen LogP contribution in [0, 0.1) is 0 Å². The maximum absolute atomic E-state index is 12.3. The number of hydrogen-bond acceptors (Lipinski definition) is 2. The van der Waals surface area contributed by atoms with Gasteiger partial charge in [-0.1, -0.05) is 36.4 Å². The Bertz CT molecular complexity index is 681. The Kier molecular flexibility index (Phi) is 3.00. The van der Waals surface area contributed by atoms with Crippen LogP contribution in [0.5, 0.6) is 0 Å². The smallest absolute Gasteiger partial charge is 0.251 e. The van der Waals surface area contributed by atoms with E-state index in [4.69, 9.17) is 0 Å². The van der Waals surface area contributed by atoms with E-state index in [9.17, 15) is 4.79 Å². The first kappa shape index (κ1) is 12.6. The van der Waals surface area contributed by atoms with Crippen molar-refractivity contribution in [3.63, 3.8) is 0 Å². The summed E-state index contributed by atoms with van der Waals surface area (Å²) in [6, 6.07) is 16.7. The van der Waals surface area contributed by atoms with E-state index >= 15 is 0 Å². The lowest BCUT2D eigenvalue weighted by Gasteiger charge is -2.07. The molecule has 0 spiro atoms. The van der Waals surface area contributed by atoms with E-state index in [0.29, 0.717) is 5.92 Å². The number of hydrogen-bond donors (Lipinski definition) is 2. The van der Waals surface area contributed by atoms with Gasteiger partial charge in [0.1, 0.15) is 0 Å². The zero-order chi connectivity index (χ0) is 14.2. The molecule has 1 amide bonds. The highest BCUT2D eigenvalue weighted by Gasteiger charge is 2.39. The fraction of sp³-hybridized carbons (Fsp3) is 0.278. The molecule has 3 nitrogen and oxygen atoms in total. The van der Waals surface area contributed by atoms with Crippen LogP contribution in [0.1, 0.15) is 39.4 Å². The summed E-state index contributed by atoms with van der Waals surface area (Å²) in [5.74, 6) is 0.527. The molecule has 2 N–H and O–H groups in total. The molecule has 2 atom stereocenters. The highest BCUT2D eigenvalue weighted by molar-refractivity contribution is 5.95. The van der Waals surface area contributed by atoms with Gasteiger partial charge in [0, 0.05) is 30.6 Å². The lowest BCUT2D eigenvalue weighted by molar-refractivity contribution is 0.0950. The third-order valence-corrected chi connectivity index (χ3v) is 4.43.